The molecule has 1 aromatic carbocycles. The largest absolute Gasteiger partial charge is 0.356 e. The van der Waals surface area contributed by atoms with E-state index in [2.05, 4.69) is 17.1 Å². The normalized spacial score (nSPS) is 14.9. The number of carbonyl (C=O) groups excluding carboxylic acids is 1. The lowest BCUT2D eigenvalue weighted by molar-refractivity contribution is 0.0712. The zero-order chi connectivity index (χ0) is 20.4. The van der Waals surface area contributed by atoms with Crippen molar-refractivity contribution in [3.8, 4) is 11.3 Å². The fourth-order valence-electron chi connectivity index (χ4n) is 3.90. The van der Waals surface area contributed by atoms with Gasteiger partial charge in [-0.15, -0.1) is 0 Å². The Morgan fingerprint density at radius 1 is 1.17 bits per heavy atom. The highest BCUT2D eigenvalue weighted by molar-refractivity contribution is 5.94. The Hall–Kier alpha value is -3.02. The minimum atomic E-state index is 0.107. The molecule has 1 amide bonds. The lowest BCUT2D eigenvalue weighted by atomic mass is 9.90. The van der Waals surface area contributed by atoms with Crippen LogP contribution < -0.4 is 0 Å². The molecule has 150 valence electrons. The number of piperidine rings is 1. The highest BCUT2D eigenvalue weighted by Crippen LogP contribution is 2.34. The number of rotatable bonds is 4. The lowest BCUT2D eigenvalue weighted by Gasteiger charge is -2.32. The van der Waals surface area contributed by atoms with Crippen LogP contribution in [0.3, 0.4) is 0 Å². The van der Waals surface area contributed by atoms with Crippen molar-refractivity contribution >= 4 is 5.91 Å². The molecule has 0 atom stereocenters. The monoisotopic (exact) mass is 390 g/mol. The molecule has 0 aliphatic carbocycles. The molecule has 1 aliphatic heterocycles. The molecule has 4 rings (SSSR count). The van der Waals surface area contributed by atoms with Gasteiger partial charge in [-0.2, -0.15) is 0 Å². The summed E-state index contributed by atoms with van der Waals surface area (Å²) in [4.78, 5) is 23.9. The average Bonchev–Trinajstić information content (AvgIpc) is 3.19. The van der Waals surface area contributed by atoms with Crippen LogP contribution in [-0.2, 0) is 6.42 Å². The number of carbonyl (C=O) groups is 1. The van der Waals surface area contributed by atoms with E-state index in [1.54, 1.807) is 0 Å². The minimum Gasteiger partial charge on any atom is -0.356 e. The van der Waals surface area contributed by atoms with Crippen molar-refractivity contribution in [2.75, 3.05) is 13.1 Å². The van der Waals surface area contributed by atoms with Gasteiger partial charge in [-0.25, -0.2) is 9.97 Å². The lowest BCUT2D eigenvalue weighted by Crippen LogP contribution is -2.38. The van der Waals surface area contributed by atoms with Gasteiger partial charge in [0.1, 0.15) is 5.82 Å². The summed E-state index contributed by atoms with van der Waals surface area (Å²) in [6.07, 6.45) is 4.54. The van der Waals surface area contributed by atoms with E-state index in [0.29, 0.717) is 5.76 Å². The van der Waals surface area contributed by atoms with Gasteiger partial charge in [0.15, 0.2) is 5.76 Å². The Morgan fingerprint density at radius 2 is 1.90 bits per heavy atom. The fourth-order valence-corrected chi connectivity index (χ4v) is 3.90. The average molecular weight is 390 g/mol. The number of benzene rings is 1. The van der Waals surface area contributed by atoms with Crippen LogP contribution in [-0.4, -0.2) is 39.0 Å². The second-order valence-electron chi connectivity index (χ2n) is 7.67. The van der Waals surface area contributed by atoms with E-state index in [0.717, 1.165) is 60.7 Å². The molecule has 1 fully saturated rings. The number of hydrogen-bond donors (Lipinski definition) is 0. The summed E-state index contributed by atoms with van der Waals surface area (Å²) in [5, 5.41) is 4.00. The zero-order valence-corrected chi connectivity index (χ0v) is 17.2. The summed E-state index contributed by atoms with van der Waals surface area (Å²) in [5.74, 6) is 1.82. The molecule has 29 heavy (non-hydrogen) atoms. The van der Waals surface area contributed by atoms with Crippen LogP contribution in [0.5, 0.6) is 0 Å². The van der Waals surface area contributed by atoms with Crippen LogP contribution in [0.2, 0.25) is 0 Å². The minimum absolute atomic E-state index is 0.107. The van der Waals surface area contributed by atoms with Crippen molar-refractivity contribution in [1.29, 1.82) is 0 Å². The highest BCUT2D eigenvalue weighted by Gasteiger charge is 2.28. The maximum Gasteiger partial charge on any atom is 0.253 e. The summed E-state index contributed by atoms with van der Waals surface area (Å²) in [6, 6.07) is 9.86. The van der Waals surface area contributed by atoms with Crippen LogP contribution in [0.1, 0.15) is 58.8 Å². The molecule has 0 saturated carbocycles. The molecule has 0 bridgehead atoms. The first-order chi connectivity index (χ1) is 14.0. The Morgan fingerprint density at radius 3 is 2.52 bits per heavy atom. The molecule has 3 heterocycles. The molecular weight excluding hydrogens is 364 g/mol. The van der Waals surface area contributed by atoms with E-state index in [-0.39, 0.29) is 11.8 Å². The van der Waals surface area contributed by atoms with Gasteiger partial charge in [0.25, 0.3) is 5.91 Å². The Kier molecular flexibility index (Phi) is 5.43. The molecule has 6 heteroatoms. The zero-order valence-electron chi connectivity index (χ0n) is 17.2. The van der Waals surface area contributed by atoms with Gasteiger partial charge in [0.05, 0.1) is 17.0 Å². The van der Waals surface area contributed by atoms with Gasteiger partial charge >= 0.3 is 0 Å². The highest BCUT2D eigenvalue weighted by atomic mass is 16.5. The molecule has 1 saturated heterocycles. The number of hydrogen-bond acceptors (Lipinski definition) is 5. The van der Waals surface area contributed by atoms with E-state index in [1.165, 1.54) is 5.56 Å². The van der Waals surface area contributed by atoms with Crippen molar-refractivity contribution in [3.63, 3.8) is 0 Å². The van der Waals surface area contributed by atoms with Crippen molar-refractivity contribution < 1.29 is 9.32 Å². The van der Waals surface area contributed by atoms with E-state index < -0.39 is 0 Å². The van der Waals surface area contributed by atoms with Gasteiger partial charge in [-0.1, -0.05) is 24.2 Å². The summed E-state index contributed by atoms with van der Waals surface area (Å²) < 4.78 is 5.46. The third-order valence-electron chi connectivity index (χ3n) is 5.61. The van der Waals surface area contributed by atoms with Gasteiger partial charge < -0.3 is 9.42 Å². The van der Waals surface area contributed by atoms with Crippen LogP contribution in [0.15, 0.2) is 41.1 Å². The number of aromatic nitrogens is 3. The van der Waals surface area contributed by atoms with Crippen molar-refractivity contribution in [3.05, 3.63) is 64.9 Å². The van der Waals surface area contributed by atoms with Crippen LogP contribution >= 0.6 is 0 Å². The molecule has 1 aliphatic rings. The van der Waals surface area contributed by atoms with Gasteiger partial charge in [-0.3, -0.25) is 4.79 Å². The predicted molar refractivity (Wildman–Crippen MR) is 111 cm³/mol. The second kappa shape index (κ2) is 8.15. The summed E-state index contributed by atoms with van der Waals surface area (Å²) in [6.45, 7) is 7.36. The molecule has 0 radical (unpaired) electrons. The Balaban J connectivity index is 1.49. The van der Waals surface area contributed by atoms with Crippen molar-refractivity contribution in [2.45, 2.75) is 46.0 Å². The Bertz CT molecular complexity index is 1000. The smallest absolute Gasteiger partial charge is 0.253 e. The summed E-state index contributed by atoms with van der Waals surface area (Å²) in [7, 11) is 0. The summed E-state index contributed by atoms with van der Waals surface area (Å²) >= 11 is 0. The number of likely N-dealkylation sites (tertiary alicyclic amines) is 1. The number of amides is 1. The molecule has 2 aromatic heterocycles. The van der Waals surface area contributed by atoms with E-state index in [9.17, 15) is 4.79 Å². The first-order valence-corrected chi connectivity index (χ1v) is 10.2. The van der Waals surface area contributed by atoms with Crippen LogP contribution in [0, 0.1) is 13.8 Å². The topological polar surface area (TPSA) is 72.1 Å². The number of aryl methyl sites for hydroxylation is 3. The first-order valence-electron chi connectivity index (χ1n) is 10.2. The molecule has 3 aromatic rings. The predicted octanol–water partition coefficient (Wildman–Crippen LogP) is 4.33. The van der Waals surface area contributed by atoms with Gasteiger partial charge in [-0.05, 0) is 50.8 Å². The third-order valence-corrected chi connectivity index (χ3v) is 5.61. The standard InChI is InChI=1S/C23H26N4O2/c1-4-17-5-7-19(8-6-17)23(28)27-11-9-18(10-12-27)22-20(14-24-16(3)25-22)21-13-15(2)26-29-21/h5-8,13-14,18H,4,9-12H2,1-3H3. The first kappa shape index (κ1) is 19.3. The second-order valence-corrected chi connectivity index (χ2v) is 7.67. The van der Waals surface area contributed by atoms with Crippen LogP contribution in [0.25, 0.3) is 11.3 Å². The van der Waals surface area contributed by atoms with Crippen LogP contribution in [0.4, 0.5) is 0 Å². The van der Waals surface area contributed by atoms with E-state index >= 15 is 0 Å². The SMILES string of the molecule is CCc1ccc(C(=O)N2CCC(c3nc(C)ncc3-c3cc(C)no3)CC2)cc1. The van der Waals surface area contributed by atoms with Crippen molar-refractivity contribution in [1.82, 2.24) is 20.0 Å². The van der Waals surface area contributed by atoms with Crippen molar-refractivity contribution in [2.24, 2.45) is 0 Å². The van der Waals surface area contributed by atoms with Gasteiger partial charge in [0.2, 0.25) is 0 Å². The molecule has 6 nitrogen and oxygen atoms in total. The Labute approximate surface area is 171 Å². The van der Waals surface area contributed by atoms with E-state index in [4.69, 9.17) is 9.51 Å². The third kappa shape index (κ3) is 4.06. The maximum atomic E-state index is 12.9. The maximum absolute atomic E-state index is 12.9. The molecule has 0 unspecified atom stereocenters. The molecule has 0 spiro atoms. The van der Waals surface area contributed by atoms with E-state index in [1.807, 2.05) is 55.3 Å². The fraction of sp³-hybridized carbons (Fsp3) is 0.391. The number of nitrogens with zero attached hydrogens (tertiary/aromatic N) is 4. The molecule has 0 N–H and O–H groups in total. The summed E-state index contributed by atoms with van der Waals surface area (Å²) in [5.41, 5.74) is 4.73. The van der Waals surface area contributed by atoms with Gasteiger partial charge in [0, 0.05) is 36.8 Å². The molecular formula is C23H26N4O2. The quantitative estimate of drug-likeness (QED) is 0.663.